The number of aromatic nitrogens is 2. The molecule has 0 radical (unpaired) electrons. The van der Waals surface area contributed by atoms with Crippen LogP contribution in [0.5, 0.6) is 5.88 Å². The highest BCUT2D eigenvalue weighted by atomic mass is 19.3. The molecule has 3 nitrogen and oxygen atoms in total. The topological polar surface area (TPSA) is 35.0 Å². The molecule has 2 rings (SSSR count). The average molecular weight is 302 g/mol. The van der Waals surface area contributed by atoms with Crippen molar-refractivity contribution in [1.29, 1.82) is 0 Å². The van der Waals surface area contributed by atoms with Gasteiger partial charge < -0.3 is 4.74 Å². The van der Waals surface area contributed by atoms with Crippen molar-refractivity contribution in [1.82, 2.24) is 9.97 Å². The van der Waals surface area contributed by atoms with E-state index in [4.69, 9.17) is 4.74 Å². The maximum absolute atomic E-state index is 12.3. The Morgan fingerprint density at radius 3 is 2.19 bits per heavy atom. The Bertz CT molecular complexity index is 374. The summed E-state index contributed by atoms with van der Waals surface area (Å²) in [5.41, 5.74) is 0.853. The first-order valence-electron chi connectivity index (χ1n) is 7.78. The van der Waals surface area contributed by atoms with Crippen LogP contribution in [-0.4, -0.2) is 23.0 Å². The second kappa shape index (κ2) is 10.5. The lowest BCUT2D eigenvalue weighted by Crippen LogP contribution is -2.33. The van der Waals surface area contributed by atoms with Gasteiger partial charge in [0.2, 0.25) is 12.3 Å². The van der Waals surface area contributed by atoms with Crippen LogP contribution in [-0.2, 0) is 0 Å². The third-order valence-corrected chi connectivity index (χ3v) is 3.04. The molecular formula is C16H28F2N2O. The summed E-state index contributed by atoms with van der Waals surface area (Å²) in [6.45, 7) is 12.1. The number of nitrogens with zero attached hydrogens (tertiary/aromatic N) is 2. The molecule has 0 atom stereocenters. The van der Waals surface area contributed by atoms with Crippen molar-refractivity contribution in [2.75, 3.05) is 6.61 Å². The molecule has 0 spiro atoms. The van der Waals surface area contributed by atoms with Crippen LogP contribution in [0.15, 0.2) is 6.07 Å². The molecule has 1 heterocycles. The zero-order valence-corrected chi connectivity index (χ0v) is 14.0. The van der Waals surface area contributed by atoms with E-state index in [0.717, 1.165) is 5.69 Å². The zero-order valence-electron chi connectivity index (χ0n) is 14.0. The molecule has 1 saturated carbocycles. The lowest BCUT2D eigenvalue weighted by atomic mass is 9.76. The van der Waals surface area contributed by atoms with Crippen LogP contribution in [0.4, 0.5) is 8.78 Å². The minimum absolute atomic E-state index is 0.240. The smallest absolute Gasteiger partial charge is 0.241 e. The van der Waals surface area contributed by atoms with Crippen LogP contribution in [0.3, 0.4) is 0 Å². The molecule has 0 bridgehead atoms. The molecule has 0 unspecified atom stereocenters. The summed E-state index contributed by atoms with van der Waals surface area (Å²) in [7, 11) is 0. The predicted octanol–water partition coefficient (Wildman–Crippen LogP) is 4.82. The Morgan fingerprint density at radius 2 is 1.71 bits per heavy atom. The summed E-state index contributed by atoms with van der Waals surface area (Å²) < 4.78 is 30.0. The number of hydrogen-bond acceptors (Lipinski definition) is 3. The van der Waals surface area contributed by atoms with Gasteiger partial charge in [-0.3, -0.25) is 0 Å². The summed E-state index contributed by atoms with van der Waals surface area (Å²) in [6.07, 6.45) is -1.07. The lowest BCUT2D eigenvalue weighted by Gasteiger charge is -2.34. The van der Waals surface area contributed by atoms with Crippen molar-refractivity contribution >= 4 is 0 Å². The Kier molecular flexibility index (Phi) is 9.84. The number of alkyl halides is 2. The largest absolute Gasteiger partial charge is 0.477 e. The third-order valence-electron chi connectivity index (χ3n) is 3.04. The van der Waals surface area contributed by atoms with Crippen LogP contribution in [0.25, 0.3) is 0 Å². The van der Waals surface area contributed by atoms with Crippen molar-refractivity contribution in [3.63, 3.8) is 0 Å². The van der Waals surface area contributed by atoms with Crippen molar-refractivity contribution in [2.45, 2.75) is 60.8 Å². The third kappa shape index (κ3) is 6.82. The molecule has 0 amide bonds. The Morgan fingerprint density at radius 1 is 1.14 bits per heavy atom. The fourth-order valence-corrected chi connectivity index (χ4v) is 2.09. The zero-order chi connectivity index (χ0) is 16.4. The first kappa shape index (κ1) is 19.7. The summed E-state index contributed by atoms with van der Waals surface area (Å²) in [5, 5.41) is 0. The summed E-state index contributed by atoms with van der Waals surface area (Å²) in [5.74, 6) is 1.01. The van der Waals surface area contributed by atoms with E-state index < -0.39 is 12.3 Å². The minimum atomic E-state index is -2.19. The van der Waals surface area contributed by atoms with Gasteiger partial charge in [-0.15, -0.1) is 0 Å². The standard InChI is InChI=1S/C12H16F2N2O.2C2H6/c1-7-3-11(16-8(2)15-7)17-6-9-4-10(5-9)12(13)14;2*1-2/h3,9-10,12H,4-6H2,1-2H3;2*1-2H3. The average Bonchev–Trinajstić information content (AvgIpc) is 2.40. The highest BCUT2D eigenvalue weighted by molar-refractivity contribution is 5.14. The predicted molar refractivity (Wildman–Crippen MR) is 81.9 cm³/mol. The first-order chi connectivity index (χ1) is 10.0. The minimum Gasteiger partial charge on any atom is -0.477 e. The number of ether oxygens (including phenoxy) is 1. The van der Waals surface area contributed by atoms with E-state index in [2.05, 4.69) is 9.97 Å². The number of rotatable bonds is 4. The number of aryl methyl sites for hydroxylation is 2. The van der Waals surface area contributed by atoms with E-state index in [1.54, 1.807) is 13.0 Å². The molecule has 0 aliphatic heterocycles. The van der Waals surface area contributed by atoms with Crippen LogP contribution < -0.4 is 4.74 Å². The molecule has 0 aromatic carbocycles. The van der Waals surface area contributed by atoms with E-state index in [1.807, 2.05) is 34.6 Å². The molecule has 122 valence electrons. The van der Waals surface area contributed by atoms with Crippen molar-refractivity contribution < 1.29 is 13.5 Å². The monoisotopic (exact) mass is 302 g/mol. The molecule has 1 aromatic rings. The molecule has 5 heteroatoms. The molecule has 0 saturated heterocycles. The van der Waals surface area contributed by atoms with E-state index >= 15 is 0 Å². The normalized spacial score (nSPS) is 19.7. The lowest BCUT2D eigenvalue weighted by molar-refractivity contribution is -0.0110. The quantitative estimate of drug-likeness (QED) is 0.800. The van der Waals surface area contributed by atoms with Crippen molar-refractivity contribution in [3.05, 3.63) is 17.6 Å². The van der Waals surface area contributed by atoms with Gasteiger partial charge in [-0.2, -0.15) is 4.98 Å². The highest BCUT2D eigenvalue weighted by Crippen LogP contribution is 2.37. The Balaban J connectivity index is 0.000000921. The first-order valence-corrected chi connectivity index (χ1v) is 7.78. The van der Waals surface area contributed by atoms with Crippen LogP contribution >= 0.6 is 0 Å². The van der Waals surface area contributed by atoms with Gasteiger partial charge >= 0.3 is 0 Å². The molecule has 1 aliphatic carbocycles. The number of halogens is 2. The van der Waals surface area contributed by atoms with Gasteiger partial charge in [0, 0.05) is 17.7 Å². The second-order valence-corrected chi connectivity index (χ2v) is 4.64. The fraction of sp³-hybridized carbons (Fsp3) is 0.750. The van der Waals surface area contributed by atoms with Gasteiger partial charge in [-0.05, 0) is 32.6 Å². The molecule has 0 N–H and O–H groups in total. The summed E-state index contributed by atoms with van der Waals surface area (Å²) >= 11 is 0. The maximum atomic E-state index is 12.3. The van der Waals surface area contributed by atoms with E-state index in [-0.39, 0.29) is 5.92 Å². The number of hydrogen-bond donors (Lipinski definition) is 0. The van der Waals surface area contributed by atoms with Crippen LogP contribution in [0, 0.1) is 25.7 Å². The molecular weight excluding hydrogens is 274 g/mol. The SMILES string of the molecule is CC.CC.Cc1cc(OCC2CC(C(F)F)C2)nc(C)n1. The Labute approximate surface area is 127 Å². The highest BCUT2D eigenvalue weighted by Gasteiger charge is 2.35. The van der Waals surface area contributed by atoms with Gasteiger partial charge in [0.05, 0.1) is 6.61 Å². The summed E-state index contributed by atoms with van der Waals surface area (Å²) in [6, 6.07) is 1.76. The van der Waals surface area contributed by atoms with Gasteiger partial charge in [-0.25, -0.2) is 13.8 Å². The van der Waals surface area contributed by atoms with Crippen LogP contribution in [0.1, 0.15) is 52.1 Å². The van der Waals surface area contributed by atoms with Gasteiger partial charge in [0.1, 0.15) is 5.82 Å². The van der Waals surface area contributed by atoms with E-state index in [9.17, 15) is 8.78 Å². The van der Waals surface area contributed by atoms with Gasteiger partial charge in [0.25, 0.3) is 0 Å². The molecule has 1 aromatic heterocycles. The summed E-state index contributed by atoms with van der Waals surface area (Å²) in [4.78, 5) is 8.28. The maximum Gasteiger partial charge on any atom is 0.241 e. The van der Waals surface area contributed by atoms with Gasteiger partial charge in [-0.1, -0.05) is 27.7 Å². The van der Waals surface area contributed by atoms with Gasteiger partial charge in [0.15, 0.2) is 0 Å². The van der Waals surface area contributed by atoms with E-state index in [1.165, 1.54) is 0 Å². The fourth-order valence-electron chi connectivity index (χ4n) is 2.09. The molecule has 1 fully saturated rings. The Hall–Kier alpha value is -1.26. The van der Waals surface area contributed by atoms with Crippen molar-refractivity contribution in [2.24, 2.45) is 11.8 Å². The molecule has 21 heavy (non-hydrogen) atoms. The molecule has 1 aliphatic rings. The van der Waals surface area contributed by atoms with Crippen molar-refractivity contribution in [3.8, 4) is 5.88 Å². The van der Waals surface area contributed by atoms with E-state index in [0.29, 0.717) is 31.2 Å². The second-order valence-electron chi connectivity index (χ2n) is 4.64. The van der Waals surface area contributed by atoms with Crippen LogP contribution in [0.2, 0.25) is 0 Å².